The van der Waals surface area contributed by atoms with Crippen LogP contribution in [0.2, 0.25) is 25.7 Å². The van der Waals surface area contributed by atoms with Crippen molar-refractivity contribution in [1.29, 1.82) is 0 Å². The van der Waals surface area contributed by atoms with Crippen LogP contribution in [0.4, 0.5) is 0 Å². The van der Waals surface area contributed by atoms with Crippen molar-refractivity contribution >= 4 is 24.5 Å². The lowest BCUT2D eigenvalue weighted by atomic mass is 10.0. The van der Waals surface area contributed by atoms with Crippen molar-refractivity contribution in [1.82, 2.24) is 0 Å². The Kier molecular flexibility index (Phi) is 6.36. The first-order chi connectivity index (χ1) is 7.60. The van der Waals surface area contributed by atoms with Gasteiger partial charge in [-0.1, -0.05) is 12.6 Å². The molecule has 0 spiro atoms. The molecule has 0 aromatic heterocycles. The fraction of sp³-hybridized carbons (Fsp3) is 0.750. The first kappa shape index (κ1) is 16.6. The summed E-state index contributed by atoms with van der Waals surface area (Å²) in [7, 11) is -0.555. The van der Waals surface area contributed by atoms with E-state index in [2.05, 4.69) is 26.2 Å². The molecule has 17 heavy (non-hydrogen) atoms. The van der Waals surface area contributed by atoms with Crippen LogP contribution in [-0.4, -0.2) is 36.7 Å². The van der Waals surface area contributed by atoms with Crippen molar-refractivity contribution in [3.63, 3.8) is 0 Å². The van der Waals surface area contributed by atoms with Crippen molar-refractivity contribution in [3.05, 3.63) is 12.2 Å². The monoisotopic (exact) mass is 274 g/mol. The minimum Gasteiger partial charge on any atom is -0.462 e. The third-order valence-corrected chi connectivity index (χ3v) is 4.10. The van der Waals surface area contributed by atoms with Gasteiger partial charge in [0.25, 0.3) is 0 Å². The average molecular weight is 275 g/mol. The normalized spacial score (nSPS) is 12.5. The van der Waals surface area contributed by atoms with E-state index in [1.807, 2.05) is 13.8 Å². The Morgan fingerprint density at radius 1 is 1.35 bits per heavy atom. The van der Waals surface area contributed by atoms with Crippen molar-refractivity contribution in [3.8, 4) is 0 Å². The number of esters is 1. The summed E-state index contributed by atoms with van der Waals surface area (Å²) in [5, 5.41) is 0. The molecule has 0 atom stereocenters. The smallest absolute Gasteiger partial charge is 0.336 e. The Balaban J connectivity index is 4.41. The quantitative estimate of drug-likeness (QED) is 0.308. The predicted octanol–water partition coefficient (Wildman–Crippen LogP) is 1.89. The molecular weight excluding hydrogens is 248 g/mol. The van der Waals surface area contributed by atoms with Gasteiger partial charge >= 0.3 is 5.97 Å². The molecule has 0 heterocycles. The fourth-order valence-corrected chi connectivity index (χ4v) is 3.41. The number of carbonyl (C=O) groups excluding carboxylic acids is 1. The maximum atomic E-state index is 11.8. The van der Waals surface area contributed by atoms with Gasteiger partial charge in [-0.15, -0.1) is 0 Å². The maximum absolute atomic E-state index is 11.8. The second kappa shape index (κ2) is 6.51. The first-order valence-corrected chi connectivity index (χ1v) is 11.0. The highest BCUT2D eigenvalue weighted by Gasteiger charge is 2.33. The highest BCUT2D eigenvalue weighted by molar-refractivity contribution is 6.69. The largest absolute Gasteiger partial charge is 0.462 e. The van der Waals surface area contributed by atoms with Crippen LogP contribution in [0.3, 0.4) is 0 Å². The van der Waals surface area contributed by atoms with Gasteiger partial charge in [-0.05, 0) is 39.9 Å². The van der Waals surface area contributed by atoms with Crippen LogP contribution in [0.25, 0.3) is 0 Å². The van der Waals surface area contributed by atoms with E-state index in [1.165, 1.54) is 0 Å². The van der Waals surface area contributed by atoms with Crippen LogP contribution in [0.15, 0.2) is 12.2 Å². The van der Waals surface area contributed by atoms with Gasteiger partial charge in [0, 0.05) is 10.2 Å². The number of hydrogen-bond donors (Lipinski definition) is 0. The molecule has 0 N–H and O–H groups in total. The highest BCUT2D eigenvalue weighted by Crippen LogP contribution is 2.25. The molecule has 0 fully saturated rings. The number of ether oxygens (including phenoxy) is 1. The molecule has 0 rings (SSSR count). The molecule has 0 saturated carbocycles. The summed E-state index contributed by atoms with van der Waals surface area (Å²) >= 11 is 0. The molecule has 0 bridgehead atoms. The van der Waals surface area contributed by atoms with Crippen molar-refractivity contribution in [2.75, 3.05) is 6.61 Å². The van der Waals surface area contributed by atoms with Crippen LogP contribution < -0.4 is 0 Å². The molecule has 5 heteroatoms. The summed E-state index contributed by atoms with van der Waals surface area (Å²) < 4.78 is 11.1. The Morgan fingerprint density at radius 3 is 2.29 bits per heavy atom. The van der Waals surface area contributed by atoms with E-state index < -0.39 is 13.9 Å². The molecule has 0 aromatic rings. The van der Waals surface area contributed by atoms with Crippen LogP contribution in [0, 0.1) is 0 Å². The molecule has 3 nitrogen and oxygen atoms in total. The lowest BCUT2D eigenvalue weighted by molar-refractivity contribution is -0.140. The average Bonchev–Trinajstić information content (AvgIpc) is 2.13. The third-order valence-electron chi connectivity index (χ3n) is 2.27. The van der Waals surface area contributed by atoms with Gasteiger partial charge in [-0.2, -0.15) is 0 Å². The summed E-state index contributed by atoms with van der Waals surface area (Å²) in [4.78, 5) is 11.8. The van der Waals surface area contributed by atoms with E-state index in [0.717, 1.165) is 22.7 Å². The van der Waals surface area contributed by atoms with Gasteiger partial charge in [0.1, 0.15) is 0 Å². The molecule has 0 aromatic carbocycles. The second-order valence-electron chi connectivity index (χ2n) is 5.69. The van der Waals surface area contributed by atoms with Gasteiger partial charge in [-0.25, -0.2) is 4.79 Å². The first-order valence-electron chi connectivity index (χ1n) is 6.17. The number of rotatable bonds is 7. The molecule has 0 aliphatic heterocycles. The standard InChI is InChI=1S/C12H26O3Si2/c1-10(11(13)14-8-7-9-16)12(2,3)15-17(4,5)6/h1,7-9H2,2-6,16H3. The zero-order valence-electron chi connectivity index (χ0n) is 12.1. The number of carbonyl (C=O) groups is 1. The molecule has 0 saturated heterocycles. The minimum atomic E-state index is -1.70. The van der Waals surface area contributed by atoms with E-state index in [-0.39, 0.29) is 5.97 Å². The third kappa shape index (κ3) is 6.80. The molecular formula is C12H26O3Si2. The summed E-state index contributed by atoms with van der Waals surface area (Å²) in [5.41, 5.74) is -0.226. The topological polar surface area (TPSA) is 35.5 Å². The van der Waals surface area contributed by atoms with Crippen LogP contribution in [-0.2, 0) is 14.0 Å². The second-order valence-corrected chi connectivity index (χ2v) is 11.1. The Morgan fingerprint density at radius 2 is 1.88 bits per heavy atom. The lowest BCUT2D eigenvalue weighted by Gasteiger charge is -2.33. The van der Waals surface area contributed by atoms with Crippen molar-refractivity contribution in [2.45, 2.75) is 51.6 Å². The zero-order valence-corrected chi connectivity index (χ0v) is 15.1. The zero-order chi connectivity index (χ0) is 13.7. The number of hydrogen-bond acceptors (Lipinski definition) is 3. The SMILES string of the molecule is C=C(C(=O)OCCC[SiH3])C(C)(C)O[Si](C)(C)C. The molecule has 100 valence electrons. The van der Waals surface area contributed by atoms with Gasteiger partial charge < -0.3 is 9.16 Å². The Bertz CT molecular complexity index is 280. The van der Waals surface area contributed by atoms with Crippen molar-refractivity contribution in [2.24, 2.45) is 0 Å². The van der Waals surface area contributed by atoms with E-state index in [1.54, 1.807) is 0 Å². The van der Waals surface area contributed by atoms with Crippen LogP contribution >= 0.6 is 0 Å². The summed E-state index contributed by atoms with van der Waals surface area (Å²) in [6.45, 7) is 14.3. The summed E-state index contributed by atoms with van der Waals surface area (Å²) in [6.07, 6.45) is 0.945. The van der Waals surface area contributed by atoms with Crippen molar-refractivity contribution < 1.29 is 14.0 Å². The van der Waals surface area contributed by atoms with Crippen LogP contribution in [0.5, 0.6) is 0 Å². The van der Waals surface area contributed by atoms with E-state index in [9.17, 15) is 4.79 Å². The van der Waals surface area contributed by atoms with Gasteiger partial charge in [0.2, 0.25) is 0 Å². The Labute approximate surface area is 109 Å². The van der Waals surface area contributed by atoms with Crippen LogP contribution in [0.1, 0.15) is 20.3 Å². The molecule has 0 amide bonds. The summed E-state index contributed by atoms with van der Waals surface area (Å²) in [6, 6.07) is 1.15. The minimum absolute atomic E-state index is 0.330. The Hall–Kier alpha value is -0.396. The van der Waals surface area contributed by atoms with E-state index >= 15 is 0 Å². The summed E-state index contributed by atoms with van der Waals surface area (Å²) in [5.74, 6) is -0.330. The van der Waals surface area contributed by atoms with E-state index in [4.69, 9.17) is 9.16 Å². The van der Waals surface area contributed by atoms with Gasteiger partial charge in [-0.3, -0.25) is 0 Å². The molecule has 0 unspecified atom stereocenters. The van der Waals surface area contributed by atoms with Gasteiger partial charge in [0.05, 0.1) is 17.8 Å². The molecule has 0 radical (unpaired) electrons. The van der Waals surface area contributed by atoms with E-state index in [0.29, 0.717) is 12.2 Å². The van der Waals surface area contributed by atoms with Gasteiger partial charge in [0.15, 0.2) is 8.32 Å². The maximum Gasteiger partial charge on any atom is 0.336 e. The molecule has 0 aliphatic rings. The molecule has 0 aliphatic carbocycles. The fourth-order valence-electron chi connectivity index (χ4n) is 1.47. The highest BCUT2D eigenvalue weighted by atomic mass is 28.4. The predicted molar refractivity (Wildman–Crippen MR) is 78.0 cm³/mol. The lowest BCUT2D eigenvalue weighted by Crippen LogP contribution is -2.41.